The average molecular weight is 380 g/mol. The summed E-state index contributed by atoms with van der Waals surface area (Å²) in [6.07, 6.45) is 12.5. The average Bonchev–Trinajstić information content (AvgIpc) is 2.77. The van der Waals surface area contributed by atoms with Gasteiger partial charge in [0.25, 0.3) is 0 Å². The Hall–Kier alpha value is -2.22. The van der Waals surface area contributed by atoms with Crippen molar-refractivity contribution in [1.82, 2.24) is 0 Å². The van der Waals surface area contributed by atoms with Crippen LogP contribution in [0.25, 0.3) is 0 Å². The Balaban J connectivity index is 0.000000176. The van der Waals surface area contributed by atoms with E-state index in [0.717, 1.165) is 5.92 Å². The van der Waals surface area contributed by atoms with E-state index in [2.05, 4.69) is 60.7 Å². The van der Waals surface area contributed by atoms with E-state index in [1.165, 1.54) is 63.4 Å². The highest BCUT2D eigenvalue weighted by Crippen LogP contribution is 2.32. The zero-order valence-corrected chi connectivity index (χ0v) is 16.8. The Bertz CT molecular complexity index is 674. The topological polar surface area (TPSA) is 60.2 Å². The van der Waals surface area contributed by atoms with Crippen molar-refractivity contribution < 1.29 is 9.59 Å². The molecule has 0 aliphatic heterocycles. The summed E-state index contributed by atoms with van der Waals surface area (Å²) in [5.74, 6) is 1.47. The molecule has 150 valence electrons. The van der Waals surface area contributed by atoms with Crippen LogP contribution in [0, 0.1) is 0 Å². The second kappa shape index (κ2) is 13.0. The van der Waals surface area contributed by atoms with Gasteiger partial charge in [-0.05, 0) is 48.6 Å². The Morgan fingerprint density at radius 2 is 1.11 bits per heavy atom. The summed E-state index contributed by atoms with van der Waals surface area (Å²) >= 11 is 0. The van der Waals surface area contributed by atoms with Crippen LogP contribution < -0.4 is 5.73 Å². The molecule has 0 bridgehead atoms. The first kappa shape index (κ1) is 22.1. The molecule has 0 radical (unpaired) electrons. The maximum atomic E-state index is 8.12. The zero-order chi connectivity index (χ0) is 20.0. The predicted octanol–water partition coefficient (Wildman–Crippen LogP) is 5.82. The predicted molar refractivity (Wildman–Crippen MR) is 113 cm³/mol. The molecule has 2 saturated carbocycles. The van der Waals surface area contributed by atoms with Gasteiger partial charge in [-0.2, -0.15) is 9.59 Å². The molecule has 2 aliphatic rings. The minimum absolute atomic E-state index is 0.250. The second-order valence-electron chi connectivity index (χ2n) is 7.79. The summed E-state index contributed by atoms with van der Waals surface area (Å²) in [6, 6.07) is 22.0. The molecule has 0 unspecified atom stereocenters. The lowest BCUT2D eigenvalue weighted by atomic mass is 9.80. The van der Waals surface area contributed by atoms with Gasteiger partial charge in [0.15, 0.2) is 0 Å². The van der Waals surface area contributed by atoms with Crippen molar-refractivity contribution in [1.29, 1.82) is 0 Å². The van der Waals surface area contributed by atoms with Crippen LogP contribution in [-0.2, 0) is 9.59 Å². The summed E-state index contributed by atoms with van der Waals surface area (Å²) in [5.41, 5.74) is 9.09. The Morgan fingerprint density at radius 1 is 0.643 bits per heavy atom. The van der Waals surface area contributed by atoms with Gasteiger partial charge in [-0.1, -0.05) is 92.8 Å². The summed E-state index contributed by atoms with van der Waals surface area (Å²) < 4.78 is 0. The Kier molecular flexibility index (Phi) is 10.3. The van der Waals surface area contributed by atoms with Crippen molar-refractivity contribution in [3.63, 3.8) is 0 Å². The van der Waals surface area contributed by atoms with E-state index in [4.69, 9.17) is 15.3 Å². The molecule has 0 saturated heterocycles. The summed E-state index contributed by atoms with van der Waals surface area (Å²) in [5, 5.41) is 0. The first-order valence-electron chi connectivity index (χ1n) is 10.6. The van der Waals surface area contributed by atoms with E-state index in [9.17, 15) is 0 Å². The number of carbonyl (C=O) groups excluding carboxylic acids is 2. The van der Waals surface area contributed by atoms with Gasteiger partial charge >= 0.3 is 6.15 Å². The summed E-state index contributed by atoms with van der Waals surface area (Å²) in [6.45, 7) is 0. The SMILES string of the molecule is N[C@@H]1CCCC[C@H]1c1ccccc1.O=C=O.c1ccc(C2CCCCC2)cc1. The number of nitrogens with two attached hydrogens (primary N) is 1. The van der Waals surface area contributed by atoms with Gasteiger partial charge in [-0.3, -0.25) is 0 Å². The maximum Gasteiger partial charge on any atom is 0.373 e. The molecular formula is C25H33NO2. The van der Waals surface area contributed by atoms with Crippen molar-refractivity contribution in [3.05, 3.63) is 71.8 Å². The van der Waals surface area contributed by atoms with Crippen LogP contribution in [0.4, 0.5) is 0 Å². The smallest absolute Gasteiger partial charge is 0.327 e. The zero-order valence-electron chi connectivity index (χ0n) is 16.8. The molecule has 2 N–H and O–H groups in total. The molecule has 2 fully saturated rings. The minimum Gasteiger partial charge on any atom is -0.327 e. The highest BCUT2D eigenvalue weighted by atomic mass is 16.2. The third-order valence-corrected chi connectivity index (χ3v) is 5.92. The highest BCUT2D eigenvalue weighted by Gasteiger charge is 2.22. The van der Waals surface area contributed by atoms with E-state index in [0.29, 0.717) is 12.0 Å². The molecule has 2 aliphatic carbocycles. The van der Waals surface area contributed by atoms with Crippen LogP contribution in [0.5, 0.6) is 0 Å². The third kappa shape index (κ3) is 7.42. The van der Waals surface area contributed by atoms with Gasteiger partial charge in [0, 0.05) is 6.04 Å². The fourth-order valence-corrected chi connectivity index (χ4v) is 4.43. The maximum absolute atomic E-state index is 8.12. The molecule has 0 spiro atoms. The van der Waals surface area contributed by atoms with Gasteiger partial charge in [0.05, 0.1) is 0 Å². The third-order valence-electron chi connectivity index (χ3n) is 5.92. The lowest BCUT2D eigenvalue weighted by Crippen LogP contribution is -2.31. The fraction of sp³-hybridized carbons (Fsp3) is 0.480. The van der Waals surface area contributed by atoms with Gasteiger partial charge in [0.1, 0.15) is 0 Å². The lowest BCUT2D eigenvalue weighted by Gasteiger charge is -2.28. The standard InChI is InChI=1S/C12H17N.C12H16.CO2/c13-12-9-5-4-8-11(12)10-6-2-1-3-7-10;1-3-7-11(8-4-1)12-9-5-2-6-10-12;2-1-3/h1-3,6-7,11-12H,4-5,8-9,13H2;1,3-4,7-8,12H,2,5-6,9-10H2;/t11-,12+;;/m0../s1. The molecule has 2 atom stereocenters. The molecule has 3 heteroatoms. The van der Waals surface area contributed by atoms with E-state index in [1.54, 1.807) is 5.56 Å². The van der Waals surface area contributed by atoms with Crippen LogP contribution in [0.2, 0.25) is 0 Å². The quantitative estimate of drug-likeness (QED) is 0.715. The van der Waals surface area contributed by atoms with Crippen molar-refractivity contribution in [2.24, 2.45) is 5.73 Å². The first-order chi connectivity index (χ1) is 13.8. The van der Waals surface area contributed by atoms with Crippen LogP contribution in [0.1, 0.15) is 80.8 Å². The monoisotopic (exact) mass is 379 g/mol. The molecule has 2 aromatic rings. The van der Waals surface area contributed by atoms with Gasteiger partial charge in [-0.25, -0.2) is 0 Å². The van der Waals surface area contributed by atoms with Crippen LogP contribution in [-0.4, -0.2) is 12.2 Å². The van der Waals surface area contributed by atoms with E-state index < -0.39 is 0 Å². The summed E-state index contributed by atoms with van der Waals surface area (Å²) in [4.78, 5) is 16.2. The Labute approximate surface area is 169 Å². The molecule has 4 rings (SSSR count). The molecule has 0 amide bonds. The molecule has 0 aromatic heterocycles. The van der Waals surface area contributed by atoms with Crippen LogP contribution in [0.3, 0.4) is 0 Å². The van der Waals surface area contributed by atoms with Crippen LogP contribution in [0.15, 0.2) is 60.7 Å². The molecular weight excluding hydrogens is 346 g/mol. The molecule has 0 heterocycles. The van der Waals surface area contributed by atoms with E-state index >= 15 is 0 Å². The van der Waals surface area contributed by atoms with Gasteiger partial charge < -0.3 is 5.73 Å². The Morgan fingerprint density at radius 3 is 1.64 bits per heavy atom. The van der Waals surface area contributed by atoms with E-state index in [-0.39, 0.29) is 6.15 Å². The van der Waals surface area contributed by atoms with Crippen LogP contribution >= 0.6 is 0 Å². The second-order valence-corrected chi connectivity index (χ2v) is 7.79. The van der Waals surface area contributed by atoms with Crippen molar-refractivity contribution in [3.8, 4) is 0 Å². The first-order valence-corrected chi connectivity index (χ1v) is 10.6. The summed E-state index contributed by atoms with van der Waals surface area (Å²) in [7, 11) is 0. The number of hydrogen-bond donors (Lipinski definition) is 1. The van der Waals surface area contributed by atoms with E-state index in [1.807, 2.05) is 0 Å². The number of hydrogen-bond acceptors (Lipinski definition) is 3. The molecule has 2 aromatic carbocycles. The lowest BCUT2D eigenvalue weighted by molar-refractivity contribution is -0.191. The van der Waals surface area contributed by atoms with Crippen molar-refractivity contribution >= 4 is 6.15 Å². The van der Waals surface area contributed by atoms with Crippen molar-refractivity contribution in [2.75, 3.05) is 0 Å². The minimum atomic E-state index is 0.250. The number of rotatable bonds is 2. The normalized spacial score (nSPS) is 21.9. The fourth-order valence-electron chi connectivity index (χ4n) is 4.43. The largest absolute Gasteiger partial charge is 0.373 e. The molecule has 3 nitrogen and oxygen atoms in total. The molecule has 28 heavy (non-hydrogen) atoms. The number of benzene rings is 2. The highest BCUT2D eigenvalue weighted by molar-refractivity contribution is 5.22. The van der Waals surface area contributed by atoms with Gasteiger partial charge in [0.2, 0.25) is 0 Å². The van der Waals surface area contributed by atoms with Gasteiger partial charge in [-0.15, -0.1) is 0 Å². The van der Waals surface area contributed by atoms with Crippen molar-refractivity contribution in [2.45, 2.75) is 75.7 Å².